The summed E-state index contributed by atoms with van der Waals surface area (Å²) in [6, 6.07) is 6.90. The fraction of sp³-hybridized carbons (Fsp3) is 0.154. The van der Waals surface area contributed by atoms with Crippen LogP contribution < -0.4 is 15.8 Å². The van der Waals surface area contributed by atoms with Gasteiger partial charge in [0.25, 0.3) is 5.91 Å². The van der Waals surface area contributed by atoms with Gasteiger partial charge in [-0.25, -0.2) is 4.99 Å². The topological polar surface area (TPSA) is 96.9 Å². The number of benzene rings is 1. The molecular formula is C13H15N3O3S. The van der Waals surface area contributed by atoms with Crippen LogP contribution in [0.15, 0.2) is 40.6 Å². The summed E-state index contributed by atoms with van der Waals surface area (Å²) in [6.45, 7) is 1.36. The lowest BCUT2D eigenvalue weighted by atomic mass is 10.2. The van der Waals surface area contributed by atoms with Crippen LogP contribution in [-0.2, 0) is 4.79 Å². The molecule has 7 heteroatoms. The highest BCUT2D eigenvalue weighted by molar-refractivity contribution is 7.80. The molecule has 0 fully saturated rings. The Bertz CT molecular complexity index is 578. The number of methoxy groups -OCH3 is 1. The lowest BCUT2D eigenvalue weighted by molar-refractivity contribution is -0.112. The van der Waals surface area contributed by atoms with Crippen molar-refractivity contribution in [2.24, 2.45) is 10.7 Å². The molecule has 0 saturated heterocycles. The molecule has 4 N–H and O–H groups in total. The maximum Gasteiger partial charge on any atom is 0.260 e. The van der Waals surface area contributed by atoms with Gasteiger partial charge in [-0.05, 0) is 31.3 Å². The van der Waals surface area contributed by atoms with Gasteiger partial charge in [-0.3, -0.25) is 4.79 Å². The molecule has 0 aliphatic carbocycles. The van der Waals surface area contributed by atoms with E-state index in [2.05, 4.69) is 22.5 Å². The number of allylic oxidation sites excluding steroid dienone is 1. The van der Waals surface area contributed by atoms with E-state index in [1.165, 1.54) is 14.0 Å². The standard InChI is InChI=1S/C13H15N3O3S/c1-8(17)9(7-15-13(14)20)12(18)16-10-5-3-4-6-11(10)19-2/h3-7,17H,1-2H3,(H2,14,20)(H,16,18)/b9-8-,15-7+. The minimum Gasteiger partial charge on any atom is -0.512 e. The molecule has 0 radical (unpaired) electrons. The molecule has 1 rings (SSSR count). The minimum atomic E-state index is -0.547. The van der Waals surface area contributed by atoms with E-state index in [4.69, 9.17) is 10.5 Å². The molecule has 1 aromatic rings. The van der Waals surface area contributed by atoms with Crippen molar-refractivity contribution in [2.75, 3.05) is 12.4 Å². The Balaban J connectivity index is 2.98. The SMILES string of the molecule is COc1ccccc1NC(=O)C(/C=N/C(N)=S)=C(/C)O. The third-order valence-corrected chi connectivity index (χ3v) is 2.42. The predicted molar refractivity (Wildman–Crippen MR) is 82.2 cm³/mol. The number of aliphatic hydroxyl groups excluding tert-OH is 1. The molecule has 106 valence electrons. The number of nitrogens with one attached hydrogen (secondary N) is 1. The van der Waals surface area contributed by atoms with Crippen LogP contribution in [0, 0.1) is 0 Å². The normalized spacial score (nSPS) is 11.9. The Morgan fingerprint density at radius 3 is 2.70 bits per heavy atom. The number of ether oxygens (including phenoxy) is 1. The van der Waals surface area contributed by atoms with Gasteiger partial charge >= 0.3 is 0 Å². The fourth-order valence-electron chi connectivity index (χ4n) is 1.38. The maximum absolute atomic E-state index is 12.1. The number of nitrogens with two attached hydrogens (primary N) is 1. The number of aliphatic imine (C=N–C) groups is 1. The number of para-hydroxylation sites is 2. The summed E-state index contributed by atoms with van der Waals surface area (Å²) in [7, 11) is 1.49. The van der Waals surface area contributed by atoms with Crippen molar-refractivity contribution in [1.82, 2.24) is 0 Å². The largest absolute Gasteiger partial charge is 0.512 e. The number of carbonyl (C=O) groups excluding carboxylic acids is 1. The molecule has 6 nitrogen and oxygen atoms in total. The van der Waals surface area contributed by atoms with Crippen LogP contribution in [-0.4, -0.2) is 29.5 Å². The third kappa shape index (κ3) is 4.36. The molecule has 0 spiro atoms. The Hall–Kier alpha value is -2.41. The first kappa shape index (κ1) is 15.6. The van der Waals surface area contributed by atoms with E-state index in [1.807, 2.05) is 0 Å². The van der Waals surface area contributed by atoms with Gasteiger partial charge in [0.1, 0.15) is 11.5 Å². The van der Waals surface area contributed by atoms with Crippen LogP contribution in [0.1, 0.15) is 6.92 Å². The highest BCUT2D eigenvalue weighted by atomic mass is 32.1. The van der Waals surface area contributed by atoms with Gasteiger partial charge in [-0.15, -0.1) is 0 Å². The van der Waals surface area contributed by atoms with E-state index in [1.54, 1.807) is 24.3 Å². The molecule has 0 unspecified atom stereocenters. The lowest BCUT2D eigenvalue weighted by Crippen LogP contribution is -2.18. The molecule has 20 heavy (non-hydrogen) atoms. The second kappa shape index (κ2) is 7.25. The highest BCUT2D eigenvalue weighted by Gasteiger charge is 2.13. The molecule has 0 heterocycles. The zero-order chi connectivity index (χ0) is 15.1. The molecule has 1 amide bonds. The van der Waals surface area contributed by atoms with Crippen LogP contribution in [0.4, 0.5) is 5.69 Å². The predicted octanol–water partition coefficient (Wildman–Crippen LogP) is 1.78. The number of carbonyl (C=O) groups is 1. The van der Waals surface area contributed by atoms with Gasteiger partial charge in [0, 0.05) is 6.21 Å². The van der Waals surface area contributed by atoms with E-state index < -0.39 is 5.91 Å². The van der Waals surface area contributed by atoms with Crippen molar-refractivity contribution >= 4 is 35.1 Å². The first-order valence-electron chi connectivity index (χ1n) is 5.63. The first-order chi connectivity index (χ1) is 9.45. The van der Waals surface area contributed by atoms with E-state index >= 15 is 0 Å². The summed E-state index contributed by atoms with van der Waals surface area (Å²) < 4.78 is 5.12. The summed E-state index contributed by atoms with van der Waals surface area (Å²) in [4.78, 5) is 15.7. The quantitative estimate of drug-likeness (QED) is 0.340. The summed E-state index contributed by atoms with van der Waals surface area (Å²) in [5, 5.41) is 12.0. The Labute approximate surface area is 122 Å². The van der Waals surface area contributed by atoms with Crippen LogP contribution >= 0.6 is 12.2 Å². The number of anilines is 1. The molecule has 1 aromatic carbocycles. The van der Waals surface area contributed by atoms with Gasteiger partial charge < -0.3 is 20.9 Å². The second-order valence-corrected chi connectivity index (χ2v) is 4.17. The number of nitrogens with zero attached hydrogens (tertiary/aromatic N) is 1. The lowest BCUT2D eigenvalue weighted by Gasteiger charge is -2.10. The summed E-state index contributed by atoms with van der Waals surface area (Å²) in [5.41, 5.74) is 5.65. The zero-order valence-electron chi connectivity index (χ0n) is 11.1. The van der Waals surface area contributed by atoms with Crippen molar-refractivity contribution in [2.45, 2.75) is 6.92 Å². The van der Waals surface area contributed by atoms with Gasteiger partial charge in [-0.1, -0.05) is 12.1 Å². The average Bonchev–Trinajstić information content (AvgIpc) is 2.38. The van der Waals surface area contributed by atoms with Gasteiger partial charge in [0.15, 0.2) is 5.11 Å². The van der Waals surface area contributed by atoms with Crippen molar-refractivity contribution in [3.05, 3.63) is 35.6 Å². The summed E-state index contributed by atoms with van der Waals surface area (Å²) >= 11 is 4.58. The van der Waals surface area contributed by atoms with E-state index in [9.17, 15) is 9.90 Å². The smallest absolute Gasteiger partial charge is 0.260 e. The second-order valence-electron chi connectivity index (χ2n) is 3.75. The summed E-state index contributed by atoms with van der Waals surface area (Å²) in [5.74, 6) is -0.242. The molecule has 0 aliphatic heterocycles. The van der Waals surface area contributed by atoms with Crippen LogP contribution in [0.2, 0.25) is 0 Å². The molecule has 0 saturated carbocycles. The van der Waals surface area contributed by atoms with Gasteiger partial charge in [0.2, 0.25) is 0 Å². The number of hydrogen-bond acceptors (Lipinski definition) is 4. The summed E-state index contributed by atoms with van der Waals surface area (Å²) in [6.07, 6.45) is 1.11. The molecule has 0 bridgehead atoms. The van der Waals surface area contributed by atoms with E-state index in [0.717, 1.165) is 6.21 Å². The third-order valence-electron chi connectivity index (χ3n) is 2.31. The Morgan fingerprint density at radius 2 is 2.15 bits per heavy atom. The van der Waals surface area contributed by atoms with Crippen LogP contribution in [0.25, 0.3) is 0 Å². The van der Waals surface area contributed by atoms with E-state index in [-0.39, 0.29) is 16.4 Å². The van der Waals surface area contributed by atoms with Crippen molar-refractivity contribution in [3.8, 4) is 5.75 Å². The molecular weight excluding hydrogens is 278 g/mol. The maximum atomic E-state index is 12.1. The van der Waals surface area contributed by atoms with Crippen LogP contribution in [0.5, 0.6) is 5.75 Å². The van der Waals surface area contributed by atoms with Crippen LogP contribution in [0.3, 0.4) is 0 Å². The number of aliphatic hydroxyl groups is 1. The van der Waals surface area contributed by atoms with Crippen molar-refractivity contribution in [3.63, 3.8) is 0 Å². The number of rotatable bonds is 4. The van der Waals surface area contributed by atoms with Crippen molar-refractivity contribution < 1.29 is 14.6 Å². The highest BCUT2D eigenvalue weighted by Crippen LogP contribution is 2.23. The molecule has 0 aliphatic rings. The fourth-order valence-corrected chi connectivity index (χ4v) is 1.43. The number of thiocarbonyl (C=S) groups is 1. The van der Waals surface area contributed by atoms with Gasteiger partial charge in [0.05, 0.1) is 18.4 Å². The number of hydrogen-bond donors (Lipinski definition) is 3. The minimum absolute atomic E-state index is 0.0382. The molecule has 0 aromatic heterocycles. The zero-order valence-corrected chi connectivity index (χ0v) is 11.9. The Kier molecular flexibility index (Phi) is 5.67. The first-order valence-corrected chi connectivity index (χ1v) is 6.04. The Morgan fingerprint density at radius 1 is 1.50 bits per heavy atom. The molecule has 0 atom stereocenters. The average molecular weight is 293 g/mol. The van der Waals surface area contributed by atoms with Gasteiger partial charge in [-0.2, -0.15) is 0 Å². The monoisotopic (exact) mass is 293 g/mol. The van der Waals surface area contributed by atoms with E-state index in [0.29, 0.717) is 11.4 Å². The van der Waals surface area contributed by atoms with Crippen molar-refractivity contribution in [1.29, 1.82) is 0 Å². The number of amides is 1.